The molecule has 2 unspecified atom stereocenters. The van der Waals surface area contributed by atoms with Gasteiger partial charge in [0.2, 0.25) is 5.91 Å². The van der Waals surface area contributed by atoms with E-state index in [-0.39, 0.29) is 0 Å². The third-order valence-electron chi connectivity index (χ3n) is 4.17. The molecule has 2 aliphatic rings. The highest BCUT2D eigenvalue weighted by molar-refractivity contribution is 5.78. The molecule has 0 radical (unpaired) electrons. The lowest BCUT2D eigenvalue weighted by atomic mass is 10.0. The minimum absolute atomic E-state index is 0.312. The van der Waals surface area contributed by atoms with Crippen LogP contribution in [0.4, 0.5) is 0 Å². The monoisotopic (exact) mass is 239 g/mol. The Bertz CT molecular complexity index is 263. The summed E-state index contributed by atoms with van der Waals surface area (Å²) < 4.78 is 0. The number of likely N-dealkylation sites (tertiary alicyclic amines) is 1. The number of rotatable bonds is 3. The number of hydrogen-bond donors (Lipinski definition) is 1. The SMILES string of the molecule is CC1CCCCN1C(=O)CN(C)C1CCNC1. The van der Waals surface area contributed by atoms with Gasteiger partial charge in [0.1, 0.15) is 0 Å². The Hall–Kier alpha value is -0.610. The van der Waals surface area contributed by atoms with Crippen molar-refractivity contribution in [3.05, 3.63) is 0 Å². The van der Waals surface area contributed by atoms with E-state index in [4.69, 9.17) is 0 Å². The van der Waals surface area contributed by atoms with Crippen LogP contribution in [0.2, 0.25) is 0 Å². The first-order valence-electron chi connectivity index (χ1n) is 6.89. The molecular weight excluding hydrogens is 214 g/mol. The molecule has 0 aliphatic carbocycles. The van der Waals surface area contributed by atoms with Crippen LogP contribution in [0.5, 0.6) is 0 Å². The van der Waals surface area contributed by atoms with Gasteiger partial charge in [-0.25, -0.2) is 0 Å². The molecule has 1 amide bonds. The highest BCUT2D eigenvalue weighted by Gasteiger charge is 2.26. The van der Waals surface area contributed by atoms with E-state index in [1.165, 1.54) is 25.7 Å². The molecule has 2 atom stereocenters. The molecule has 2 saturated heterocycles. The number of carbonyl (C=O) groups is 1. The number of nitrogens with one attached hydrogen (secondary N) is 1. The van der Waals surface area contributed by atoms with Gasteiger partial charge in [0.05, 0.1) is 6.54 Å². The van der Waals surface area contributed by atoms with Gasteiger partial charge >= 0.3 is 0 Å². The van der Waals surface area contributed by atoms with Crippen LogP contribution in [-0.4, -0.2) is 61.0 Å². The molecule has 0 aromatic heterocycles. The van der Waals surface area contributed by atoms with E-state index in [0.29, 0.717) is 24.5 Å². The lowest BCUT2D eigenvalue weighted by Gasteiger charge is -2.35. The van der Waals surface area contributed by atoms with Gasteiger partial charge in [-0.15, -0.1) is 0 Å². The molecule has 0 bridgehead atoms. The van der Waals surface area contributed by atoms with E-state index in [1.54, 1.807) is 0 Å². The van der Waals surface area contributed by atoms with E-state index in [1.807, 2.05) is 0 Å². The van der Waals surface area contributed by atoms with Crippen LogP contribution in [0, 0.1) is 0 Å². The van der Waals surface area contributed by atoms with Gasteiger partial charge in [0, 0.05) is 25.2 Å². The highest BCUT2D eigenvalue weighted by atomic mass is 16.2. The molecule has 17 heavy (non-hydrogen) atoms. The van der Waals surface area contributed by atoms with Gasteiger partial charge in [-0.2, -0.15) is 0 Å². The van der Waals surface area contributed by atoms with E-state index in [0.717, 1.165) is 19.6 Å². The second-order valence-corrected chi connectivity index (χ2v) is 5.49. The van der Waals surface area contributed by atoms with Crippen molar-refractivity contribution in [2.75, 3.05) is 33.2 Å². The van der Waals surface area contributed by atoms with Gasteiger partial charge in [0.25, 0.3) is 0 Å². The zero-order valence-corrected chi connectivity index (χ0v) is 11.1. The third kappa shape index (κ3) is 3.19. The highest BCUT2D eigenvalue weighted by Crippen LogP contribution is 2.17. The van der Waals surface area contributed by atoms with Crippen molar-refractivity contribution in [3.63, 3.8) is 0 Å². The standard InChI is InChI=1S/C13H25N3O/c1-11-5-3-4-8-16(11)13(17)10-15(2)12-6-7-14-9-12/h11-12,14H,3-10H2,1-2H3. The van der Waals surface area contributed by atoms with Gasteiger partial charge in [-0.05, 0) is 46.2 Å². The molecule has 4 nitrogen and oxygen atoms in total. The van der Waals surface area contributed by atoms with Crippen molar-refractivity contribution in [1.29, 1.82) is 0 Å². The number of nitrogens with zero attached hydrogens (tertiary/aromatic N) is 2. The fourth-order valence-corrected chi connectivity index (χ4v) is 2.92. The molecule has 0 aromatic carbocycles. The number of likely N-dealkylation sites (N-methyl/N-ethyl adjacent to an activating group) is 1. The van der Waals surface area contributed by atoms with Crippen molar-refractivity contribution < 1.29 is 4.79 Å². The second kappa shape index (κ2) is 5.83. The van der Waals surface area contributed by atoms with E-state index < -0.39 is 0 Å². The quantitative estimate of drug-likeness (QED) is 0.787. The predicted octanol–water partition coefficient (Wildman–Crippen LogP) is 0.681. The Balaban J connectivity index is 1.82. The first-order valence-corrected chi connectivity index (χ1v) is 6.89. The number of amides is 1. The lowest BCUT2D eigenvalue weighted by Crippen LogP contribution is -2.48. The van der Waals surface area contributed by atoms with Crippen LogP contribution in [-0.2, 0) is 4.79 Å². The lowest BCUT2D eigenvalue weighted by molar-refractivity contribution is -0.135. The van der Waals surface area contributed by atoms with Crippen LogP contribution < -0.4 is 5.32 Å². The Kier molecular flexibility index (Phi) is 4.40. The summed E-state index contributed by atoms with van der Waals surface area (Å²) in [7, 11) is 2.07. The van der Waals surface area contributed by atoms with Gasteiger partial charge in [0.15, 0.2) is 0 Å². The molecule has 2 heterocycles. The smallest absolute Gasteiger partial charge is 0.236 e. The van der Waals surface area contributed by atoms with Crippen LogP contribution >= 0.6 is 0 Å². The topological polar surface area (TPSA) is 35.6 Å². The Morgan fingerprint density at radius 2 is 2.24 bits per heavy atom. The number of piperidine rings is 1. The number of hydrogen-bond acceptors (Lipinski definition) is 3. The zero-order chi connectivity index (χ0) is 12.3. The predicted molar refractivity (Wildman–Crippen MR) is 68.9 cm³/mol. The third-order valence-corrected chi connectivity index (χ3v) is 4.17. The maximum absolute atomic E-state index is 12.2. The minimum atomic E-state index is 0.312. The summed E-state index contributed by atoms with van der Waals surface area (Å²) in [4.78, 5) is 16.5. The fraction of sp³-hybridized carbons (Fsp3) is 0.923. The molecule has 2 aliphatic heterocycles. The minimum Gasteiger partial charge on any atom is -0.339 e. The Morgan fingerprint density at radius 1 is 1.41 bits per heavy atom. The molecule has 2 fully saturated rings. The summed E-state index contributed by atoms with van der Waals surface area (Å²) in [5.41, 5.74) is 0. The van der Waals surface area contributed by atoms with Crippen molar-refractivity contribution >= 4 is 5.91 Å². The van der Waals surface area contributed by atoms with Gasteiger partial charge in [-0.1, -0.05) is 0 Å². The van der Waals surface area contributed by atoms with Crippen LogP contribution in [0.1, 0.15) is 32.6 Å². The molecular formula is C13H25N3O. The molecule has 4 heteroatoms. The van der Waals surface area contributed by atoms with Gasteiger partial charge in [-0.3, -0.25) is 9.69 Å². The second-order valence-electron chi connectivity index (χ2n) is 5.49. The molecule has 0 aromatic rings. The molecule has 2 rings (SSSR count). The average molecular weight is 239 g/mol. The summed E-state index contributed by atoms with van der Waals surface area (Å²) in [5, 5.41) is 3.35. The average Bonchev–Trinajstić information content (AvgIpc) is 2.82. The maximum Gasteiger partial charge on any atom is 0.236 e. The summed E-state index contributed by atoms with van der Waals surface area (Å²) in [6, 6.07) is 0.977. The summed E-state index contributed by atoms with van der Waals surface area (Å²) >= 11 is 0. The maximum atomic E-state index is 12.2. The van der Waals surface area contributed by atoms with E-state index in [9.17, 15) is 4.79 Å². The fourth-order valence-electron chi connectivity index (χ4n) is 2.92. The molecule has 0 spiro atoms. The summed E-state index contributed by atoms with van der Waals surface area (Å²) in [6.07, 6.45) is 4.78. The normalized spacial score (nSPS) is 29.9. The van der Waals surface area contributed by atoms with Crippen molar-refractivity contribution in [1.82, 2.24) is 15.1 Å². The molecule has 1 N–H and O–H groups in total. The van der Waals surface area contributed by atoms with Crippen LogP contribution in [0.3, 0.4) is 0 Å². The van der Waals surface area contributed by atoms with Crippen molar-refractivity contribution in [2.24, 2.45) is 0 Å². The largest absolute Gasteiger partial charge is 0.339 e. The van der Waals surface area contributed by atoms with Crippen LogP contribution in [0.25, 0.3) is 0 Å². The first-order chi connectivity index (χ1) is 8.18. The summed E-state index contributed by atoms with van der Waals surface area (Å²) in [6.45, 7) is 5.82. The Labute approximate surface area is 104 Å². The molecule has 98 valence electrons. The van der Waals surface area contributed by atoms with Crippen molar-refractivity contribution in [2.45, 2.75) is 44.7 Å². The number of carbonyl (C=O) groups excluding carboxylic acids is 1. The van der Waals surface area contributed by atoms with Crippen LogP contribution in [0.15, 0.2) is 0 Å². The first kappa shape index (κ1) is 12.8. The zero-order valence-electron chi connectivity index (χ0n) is 11.1. The Morgan fingerprint density at radius 3 is 2.88 bits per heavy atom. The molecule has 0 saturated carbocycles. The van der Waals surface area contributed by atoms with E-state index in [2.05, 4.69) is 29.1 Å². The summed E-state index contributed by atoms with van der Waals surface area (Å²) in [5.74, 6) is 0.312. The van der Waals surface area contributed by atoms with E-state index >= 15 is 0 Å². The van der Waals surface area contributed by atoms with Crippen molar-refractivity contribution in [3.8, 4) is 0 Å². The van der Waals surface area contributed by atoms with Gasteiger partial charge < -0.3 is 10.2 Å².